The molecule has 1 heterocycles. The van der Waals surface area contributed by atoms with Gasteiger partial charge in [0.1, 0.15) is 5.01 Å². The predicted octanol–water partition coefficient (Wildman–Crippen LogP) is 6.90. The van der Waals surface area contributed by atoms with Crippen molar-refractivity contribution in [2.75, 3.05) is 5.32 Å². The van der Waals surface area contributed by atoms with Gasteiger partial charge in [0.2, 0.25) is 0 Å². The number of aromatic nitrogens is 1. The van der Waals surface area contributed by atoms with Gasteiger partial charge in [-0.1, -0.05) is 48.0 Å². The van der Waals surface area contributed by atoms with E-state index in [0.29, 0.717) is 10.6 Å². The van der Waals surface area contributed by atoms with E-state index in [-0.39, 0.29) is 11.0 Å². The van der Waals surface area contributed by atoms with Crippen molar-refractivity contribution in [2.45, 2.75) is 0 Å². The zero-order chi connectivity index (χ0) is 22.1. The van der Waals surface area contributed by atoms with Gasteiger partial charge in [-0.15, -0.1) is 11.3 Å². The molecule has 156 valence electrons. The first-order valence-corrected chi connectivity index (χ1v) is 11.4. The monoisotopic (exact) mass is 473 g/mol. The van der Waals surface area contributed by atoms with Crippen LogP contribution < -0.4 is 10.6 Å². The third-order valence-electron chi connectivity index (χ3n) is 5.02. The molecular formula is C25H16ClN3OS2. The average Bonchev–Trinajstić information content (AvgIpc) is 3.24. The third kappa shape index (κ3) is 4.08. The maximum absolute atomic E-state index is 12.8. The van der Waals surface area contributed by atoms with E-state index in [0.717, 1.165) is 37.2 Å². The van der Waals surface area contributed by atoms with Gasteiger partial charge in [-0.3, -0.25) is 10.1 Å². The van der Waals surface area contributed by atoms with Gasteiger partial charge >= 0.3 is 0 Å². The quantitative estimate of drug-likeness (QED) is 0.280. The number of amides is 1. The first-order chi connectivity index (χ1) is 15.6. The number of thiocarbonyl (C=S) groups is 1. The van der Waals surface area contributed by atoms with Crippen molar-refractivity contribution in [3.05, 3.63) is 95.5 Å². The second-order valence-corrected chi connectivity index (χ2v) is 8.96. The van der Waals surface area contributed by atoms with Crippen LogP contribution in [0.15, 0.2) is 84.9 Å². The molecule has 32 heavy (non-hydrogen) atoms. The van der Waals surface area contributed by atoms with Gasteiger partial charge < -0.3 is 5.32 Å². The number of fused-ring (bicyclic) bond motifs is 2. The van der Waals surface area contributed by atoms with E-state index in [2.05, 4.69) is 21.7 Å². The van der Waals surface area contributed by atoms with E-state index in [1.807, 2.05) is 60.7 Å². The number of nitrogens with one attached hydrogen (secondary N) is 2. The molecular weight excluding hydrogens is 458 g/mol. The van der Waals surface area contributed by atoms with E-state index < -0.39 is 0 Å². The molecule has 4 aromatic carbocycles. The van der Waals surface area contributed by atoms with Crippen LogP contribution in [0.5, 0.6) is 0 Å². The minimum Gasteiger partial charge on any atom is -0.332 e. The van der Waals surface area contributed by atoms with Crippen LogP contribution in [0.3, 0.4) is 0 Å². The lowest BCUT2D eigenvalue weighted by atomic mass is 10.0. The van der Waals surface area contributed by atoms with Crippen LogP contribution >= 0.6 is 35.2 Å². The van der Waals surface area contributed by atoms with Gasteiger partial charge in [0.05, 0.1) is 10.2 Å². The number of carbonyl (C=O) groups excluding carboxylic acids is 1. The molecule has 0 spiro atoms. The molecule has 5 rings (SSSR count). The fraction of sp³-hybridized carbons (Fsp3) is 0. The predicted molar refractivity (Wildman–Crippen MR) is 138 cm³/mol. The first-order valence-electron chi connectivity index (χ1n) is 9.84. The molecule has 0 saturated carbocycles. The van der Waals surface area contributed by atoms with Crippen molar-refractivity contribution in [3.63, 3.8) is 0 Å². The van der Waals surface area contributed by atoms with Gasteiger partial charge in [0.15, 0.2) is 5.11 Å². The highest BCUT2D eigenvalue weighted by Crippen LogP contribution is 2.30. The molecule has 0 fully saturated rings. The van der Waals surface area contributed by atoms with Crippen molar-refractivity contribution < 1.29 is 4.79 Å². The fourth-order valence-electron chi connectivity index (χ4n) is 3.49. The van der Waals surface area contributed by atoms with Crippen LogP contribution in [0, 0.1) is 0 Å². The Balaban J connectivity index is 1.29. The minimum absolute atomic E-state index is 0.224. The van der Waals surface area contributed by atoms with E-state index >= 15 is 0 Å². The highest BCUT2D eigenvalue weighted by molar-refractivity contribution is 7.80. The molecule has 0 aliphatic rings. The van der Waals surface area contributed by atoms with Crippen LogP contribution in [-0.4, -0.2) is 16.0 Å². The molecule has 2 N–H and O–H groups in total. The summed E-state index contributed by atoms with van der Waals surface area (Å²) in [5, 5.41) is 9.20. The lowest BCUT2D eigenvalue weighted by molar-refractivity contribution is 0.0979. The summed E-state index contributed by atoms with van der Waals surface area (Å²) in [5.74, 6) is -0.290. The molecule has 0 aliphatic carbocycles. The van der Waals surface area contributed by atoms with Gasteiger partial charge in [-0.25, -0.2) is 4.98 Å². The summed E-state index contributed by atoms with van der Waals surface area (Å²) in [6.07, 6.45) is 0. The lowest BCUT2D eigenvalue weighted by Gasteiger charge is -2.11. The Morgan fingerprint density at radius 2 is 1.62 bits per heavy atom. The highest BCUT2D eigenvalue weighted by Gasteiger charge is 2.13. The van der Waals surface area contributed by atoms with Crippen LogP contribution in [0.2, 0.25) is 5.02 Å². The Bertz CT molecular complexity index is 1450. The van der Waals surface area contributed by atoms with Crippen molar-refractivity contribution in [3.8, 4) is 10.6 Å². The Labute approximate surface area is 198 Å². The van der Waals surface area contributed by atoms with Gasteiger partial charge in [-0.2, -0.15) is 0 Å². The summed E-state index contributed by atoms with van der Waals surface area (Å²) in [6, 6.07) is 26.8. The van der Waals surface area contributed by atoms with E-state index in [9.17, 15) is 4.79 Å². The molecule has 1 aromatic heterocycles. The number of thiazole rings is 1. The molecule has 4 nitrogen and oxygen atoms in total. The maximum atomic E-state index is 12.8. The van der Waals surface area contributed by atoms with E-state index in [1.54, 1.807) is 29.5 Å². The summed E-state index contributed by atoms with van der Waals surface area (Å²) < 4.78 is 1.16. The molecule has 1 amide bonds. The molecule has 0 radical (unpaired) electrons. The van der Waals surface area contributed by atoms with Crippen LogP contribution in [0.1, 0.15) is 10.4 Å². The van der Waals surface area contributed by atoms with Crippen LogP contribution in [0.25, 0.3) is 31.6 Å². The van der Waals surface area contributed by atoms with Gasteiger partial charge in [-0.05, 0) is 66.1 Å². The highest BCUT2D eigenvalue weighted by atomic mass is 35.5. The lowest BCUT2D eigenvalue weighted by Crippen LogP contribution is -2.34. The van der Waals surface area contributed by atoms with Crippen molar-refractivity contribution in [2.24, 2.45) is 0 Å². The van der Waals surface area contributed by atoms with Crippen LogP contribution in [0.4, 0.5) is 5.69 Å². The molecule has 0 atom stereocenters. The number of nitrogens with zero attached hydrogens (tertiary/aromatic N) is 1. The van der Waals surface area contributed by atoms with Crippen LogP contribution in [-0.2, 0) is 0 Å². The number of hydrogen-bond donors (Lipinski definition) is 2. The zero-order valence-electron chi connectivity index (χ0n) is 16.6. The zero-order valence-corrected chi connectivity index (χ0v) is 19.0. The number of carbonyl (C=O) groups is 1. The fourth-order valence-corrected chi connectivity index (χ4v) is 4.91. The first kappa shape index (κ1) is 20.6. The summed E-state index contributed by atoms with van der Waals surface area (Å²) in [7, 11) is 0. The minimum atomic E-state index is -0.290. The topological polar surface area (TPSA) is 54.0 Å². The average molecular weight is 474 g/mol. The Morgan fingerprint density at radius 1 is 0.875 bits per heavy atom. The summed E-state index contributed by atoms with van der Waals surface area (Å²) in [4.78, 5) is 17.5. The summed E-state index contributed by atoms with van der Waals surface area (Å²) in [6.45, 7) is 0. The van der Waals surface area contributed by atoms with Gasteiger partial charge in [0, 0.05) is 27.2 Å². The van der Waals surface area contributed by atoms with Crippen molar-refractivity contribution in [1.29, 1.82) is 0 Å². The van der Waals surface area contributed by atoms with Crippen molar-refractivity contribution >= 4 is 72.9 Å². The van der Waals surface area contributed by atoms with Crippen molar-refractivity contribution in [1.82, 2.24) is 10.3 Å². The van der Waals surface area contributed by atoms with E-state index in [1.165, 1.54) is 0 Å². The smallest absolute Gasteiger partial charge is 0.258 e. The molecule has 0 saturated heterocycles. The summed E-state index contributed by atoms with van der Waals surface area (Å²) in [5.41, 5.74) is 3.31. The van der Waals surface area contributed by atoms with E-state index in [4.69, 9.17) is 23.8 Å². The second-order valence-electron chi connectivity index (χ2n) is 7.11. The number of halogens is 1. The summed E-state index contributed by atoms with van der Waals surface area (Å²) >= 11 is 13.3. The number of anilines is 1. The molecule has 0 bridgehead atoms. The number of rotatable bonds is 3. The standard InChI is InChI=1S/C25H16ClN3OS2/c26-20-8-4-5-17-18(20)6-3-7-19(17)23(30)29-25(31)27-16-13-11-15(12-14-16)24-28-21-9-1-2-10-22(21)32-24/h1-14H,(H2,27,29,30,31). The normalized spacial score (nSPS) is 10.9. The molecule has 5 aromatic rings. The number of para-hydroxylation sites is 1. The second kappa shape index (κ2) is 8.67. The number of hydrogen-bond acceptors (Lipinski definition) is 4. The molecule has 7 heteroatoms. The third-order valence-corrected chi connectivity index (χ3v) is 6.64. The SMILES string of the molecule is O=C(NC(=S)Nc1ccc(-c2nc3ccccc3s2)cc1)c1cccc2c(Cl)cccc12. The number of benzene rings is 4. The molecule has 0 aliphatic heterocycles. The Hall–Kier alpha value is -3.32. The molecule has 0 unspecified atom stereocenters. The Kier molecular flexibility index (Phi) is 5.57. The maximum Gasteiger partial charge on any atom is 0.258 e. The largest absolute Gasteiger partial charge is 0.332 e. The van der Waals surface area contributed by atoms with Gasteiger partial charge in [0.25, 0.3) is 5.91 Å². The Morgan fingerprint density at radius 3 is 2.44 bits per heavy atom.